The smallest absolute Gasteiger partial charge is 0.266 e. The Kier molecular flexibility index (Phi) is 3.08. The number of hydrazone groups is 1. The molecule has 2 unspecified atom stereocenters. The molecule has 0 bridgehead atoms. The van der Waals surface area contributed by atoms with Crippen molar-refractivity contribution in [3.8, 4) is 0 Å². The van der Waals surface area contributed by atoms with Crippen LogP contribution in [0.1, 0.15) is 22.5 Å². The molecule has 1 aromatic carbocycles. The van der Waals surface area contributed by atoms with E-state index in [2.05, 4.69) is 22.7 Å². The minimum Gasteiger partial charge on any atom is -0.266 e. The molecule has 5 heteroatoms. The maximum atomic E-state index is 12.3. The first kappa shape index (κ1) is 13.0. The van der Waals surface area contributed by atoms with E-state index in [0.29, 0.717) is 21.7 Å². The van der Waals surface area contributed by atoms with Crippen molar-refractivity contribution >= 4 is 44.6 Å². The largest absolute Gasteiger partial charge is 0.283 e. The lowest BCUT2D eigenvalue weighted by Gasteiger charge is -2.31. The van der Waals surface area contributed by atoms with Gasteiger partial charge in [-0.05, 0) is 24.8 Å². The van der Waals surface area contributed by atoms with Gasteiger partial charge < -0.3 is 0 Å². The first-order chi connectivity index (χ1) is 10.2. The van der Waals surface area contributed by atoms with Crippen molar-refractivity contribution in [3.05, 3.63) is 46.3 Å². The standard InChI is InChI=1S/C16H13ClN2OS/c17-14-11-5-1-2-7-13(11)21-15(14)16(20)19-18-12-8-9-4-3-6-10(9)12/h1-5,7,9-10H,6,8H2,(H,19,20)/b18-12-. The van der Waals surface area contributed by atoms with Gasteiger partial charge in [-0.25, -0.2) is 5.43 Å². The van der Waals surface area contributed by atoms with Crippen LogP contribution in [0.2, 0.25) is 5.02 Å². The molecule has 106 valence electrons. The molecular weight excluding hydrogens is 304 g/mol. The minimum atomic E-state index is -0.219. The average Bonchev–Trinajstić information content (AvgIpc) is 3.01. The maximum absolute atomic E-state index is 12.3. The van der Waals surface area contributed by atoms with Crippen molar-refractivity contribution in [2.75, 3.05) is 0 Å². The second kappa shape index (κ2) is 4.97. The molecule has 2 aliphatic carbocycles. The molecule has 0 saturated heterocycles. The SMILES string of the molecule is O=C(N/N=C1/CC2C=CCC12)c1sc2ccccc2c1Cl. The fraction of sp³-hybridized carbons (Fsp3) is 0.250. The lowest BCUT2D eigenvalue weighted by atomic mass is 9.74. The Labute approximate surface area is 131 Å². The molecule has 4 rings (SSSR count). The number of allylic oxidation sites excluding steroid dienone is 2. The number of nitrogens with zero attached hydrogens (tertiary/aromatic N) is 1. The van der Waals surface area contributed by atoms with Crippen molar-refractivity contribution < 1.29 is 4.79 Å². The summed E-state index contributed by atoms with van der Waals surface area (Å²) in [4.78, 5) is 12.8. The molecular formula is C16H13ClN2OS. The zero-order chi connectivity index (χ0) is 14.4. The molecule has 0 spiro atoms. The summed E-state index contributed by atoms with van der Waals surface area (Å²) >= 11 is 7.70. The van der Waals surface area contributed by atoms with Gasteiger partial charge in [0.2, 0.25) is 0 Å². The summed E-state index contributed by atoms with van der Waals surface area (Å²) in [7, 11) is 0. The van der Waals surface area contributed by atoms with E-state index in [-0.39, 0.29) is 5.91 Å². The van der Waals surface area contributed by atoms with E-state index in [9.17, 15) is 4.79 Å². The molecule has 2 aliphatic rings. The van der Waals surface area contributed by atoms with Crippen molar-refractivity contribution in [1.29, 1.82) is 0 Å². The van der Waals surface area contributed by atoms with Crippen LogP contribution < -0.4 is 5.43 Å². The maximum Gasteiger partial charge on any atom is 0.283 e. The number of carbonyl (C=O) groups is 1. The van der Waals surface area contributed by atoms with E-state index < -0.39 is 0 Å². The van der Waals surface area contributed by atoms with Crippen molar-refractivity contribution in [3.63, 3.8) is 0 Å². The summed E-state index contributed by atoms with van der Waals surface area (Å²) in [5.41, 5.74) is 3.76. The van der Waals surface area contributed by atoms with Crippen molar-refractivity contribution in [1.82, 2.24) is 5.43 Å². The van der Waals surface area contributed by atoms with Gasteiger partial charge in [0.15, 0.2) is 0 Å². The van der Waals surface area contributed by atoms with E-state index in [1.54, 1.807) is 0 Å². The van der Waals surface area contributed by atoms with Crippen LogP contribution in [0.5, 0.6) is 0 Å². The monoisotopic (exact) mass is 316 g/mol. The normalized spacial score (nSPS) is 25.1. The van der Waals surface area contributed by atoms with Gasteiger partial charge in [0.25, 0.3) is 5.91 Å². The summed E-state index contributed by atoms with van der Waals surface area (Å²) in [5, 5.41) is 5.72. The van der Waals surface area contributed by atoms with Crippen molar-refractivity contribution in [2.45, 2.75) is 12.8 Å². The van der Waals surface area contributed by atoms with Gasteiger partial charge in [-0.3, -0.25) is 4.79 Å². The van der Waals surface area contributed by atoms with Gasteiger partial charge in [-0.15, -0.1) is 11.3 Å². The lowest BCUT2D eigenvalue weighted by Crippen LogP contribution is -2.35. The Morgan fingerprint density at radius 1 is 1.38 bits per heavy atom. The number of hydrogen-bond donors (Lipinski definition) is 1. The van der Waals surface area contributed by atoms with Crippen LogP contribution >= 0.6 is 22.9 Å². The van der Waals surface area contributed by atoms with Crippen LogP contribution in [-0.4, -0.2) is 11.6 Å². The summed E-state index contributed by atoms with van der Waals surface area (Å²) in [6.45, 7) is 0. The first-order valence-corrected chi connectivity index (χ1v) is 8.14. The Balaban J connectivity index is 1.54. The molecule has 21 heavy (non-hydrogen) atoms. The van der Waals surface area contributed by atoms with Crippen LogP contribution in [-0.2, 0) is 0 Å². The fourth-order valence-corrected chi connectivity index (χ4v) is 4.40. The molecule has 1 fully saturated rings. The number of nitrogens with one attached hydrogen (secondary N) is 1. The number of thiophene rings is 1. The average molecular weight is 317 g/mol. The number of carbonyl (C=O) groups excluding carboxylic acids is 1. The third-order valence-corrected chi connectivity index (χ3v) is 5.88. The van der Waals surface area contributed by atoms with E-state index in [1.807, 2.05) is 24.3 Å². The predicted octanol–water partition coefficient (Wildman–Crippen LogP) is 4.24. The highest BCUT2D eigenvalue weighted by Gasteiger charge is 2.38. The summed E-state index contributed by atoms with van der Waals surface area (Å²) in [6, 6.07) is 7.76. The van der Waals surface area contributed by atoms with Gasteiger partial charge >= 0.3 is 0 Å². The van der Waals surface area contributed by atoms with E-state index >= 15 is 0 Å². The molecule has 1 heterocycles. The lowest BCUT2D eigenvalue weighted by molar-refractivity contribution is 0.0958. The number of halogens is 1. The number of hydrogen-bond acceptors (Lipinski definition) is 3. The molecule has 1 amide bonds. The van der Waals surface area contributed by atoms with Crippen LogP contribution in [0.3, 0.4) is 0 Å². The number of fused-ring (bicyclic) bond motifs is 2. The highest BCUT2D eigenvalue weighted by atomic mass is 35.5. The molecule has 3 nitrogen and oxygen atoms in total. The number of amides is 1. The Hall–Kier alpha value is -1.65. The van der Waals surface area contributed by atoms with Crippen LogP contribution in [0.25, 0.3) is 10.1 Å². The third kappa shape index (κ3) is 2.10. The summed E-state index contributed by atoms with van der Waals surface area (Å²) < 4.78 is 1.02. The van der Waals surface area contributed by atoms with Gasteiger partial charge in [0.05, 0.1) is 5.02 Å². The molecule has 1 saturated carbocycles. The molecule has 2 aromatic rings. The molecule has 0 radical (unpaired) electrons. The zero-order valence-corrected chi connectivity index (χ0v) is 12.7. The summed E-state index contributed by atoms with van der Waals surface area (Å²) in [6.07, 6.45) is 6.45. The van der Waals surface area contributed by atoms with Crippen LogP contribution in [0.15, 0.2) is 41.5 Å². The Morgan fingerprint density at radius 3 is 3.05 bits per heavy atom. The Morgan fingerprint density at radius 2 is 2.24 bits per heavy atom. The fourth-order valence-electron chi connectivity index (χ4n) is 3.00. The van der Waals surface area contributed by atoms with E-state index in [4.69, 9.17) is 11.6 Å². The third-order valence-electron chi connectivity index (χ3n) is 4.21. The predicted molar refractivity (Wildman–Crippen MR) is 87.1 cm³/mol. The topological polar surface area (TPSA) is 41.5 Å². The van der Waals surface area contributed by atoms with Crippen molar-refractivity contribution in [2.24, 2.45) is 16.9 Å². The highest BCUT2D eigenvalue weighted by Crippen LogP contribution is 2.40. The number of benzene rings is 1. The van der Waals surface area contributed by atoms with Gasteiger partial charge in [0, 0.05) is 21.7 Å². The zero-order valence-electron chi connectivity index (χ0n) is 11.2. The first-order valence-electron chi connectivity index (χ1n) is 6.94. The van der Waals surface area contributed by atoms with E-state index in [0.717, 1.165) is 28.6 Å². The van der Waals surface area contributed by atoms with E-state index in [1.165, 1.54) is 11.3 Å². The van der Waals surface area contributed by atoms with Crippen LogP contribution in [0, 0.1) is 11.8 Å². The highest BCUT2D eigenvalue weighted by molar-refractivity contribution is 7.21. The van der Waals surface area contributed by atoms with Gasteiger partial charge in [0.1, 0.15) is 4.88 Å². The minimum absolute atomic E-state index is 0.219. The second-order valence-corrected chi connectivity index (χ2v) is 6.85. The van der Waals surface area contributed by atoms with Gasteiger partial charge in [-0.1, -0.05) is 42.0 Å². The van der Waals surface area contributed by atoms with Crippen LogP contribution in [0.4, 0.5) is 0 Å². The molecule has 2 atom stereocenters. The molecule has 1 aromatic heterocycles. The van der Waals surface area contributed by atoms with Gasteiger partial charge in [-0.2, -0.15) is 5.10 Å². The number of rotatable bonds is 2. The molecule has 0 aliphatic heterocycles. The quantitative estimate of drug-likeness (QED) is 0.653. The second-order valence-electron chi connectivity index (χ2n) is 5.42. The Bertz CT molecular complexity index is 793. The molecule has 1 N–H and O–H groups in total. The summed E-state index contributed by atoms with van der Waals surface area (Å²) in [5.74, 6) is 0.917.